The molecule has 1 N–H and O–H groups in total. The molecule has 2 aromatic rings. The van der Waals surface area contributed by atoms with Crippen LogP contribution in [0.3, 0.4) is 0 Å². The topological polar surface area (TPSA) is 86.8 Å². The number of carbonyl (C=O) groups is 2. The van der Waals surface area contributed by atoms with Gasteiger partial charge in [-0.2, -0.15) is 0 Å². The molecule has 2 amide bonds. The van der Waals surface area contributed by atoms with Gasteiger partial charge in [-0.05, 0) is 56.5 Å². The molecule has 0 heterocycles. The molecule has 0 saturated carbocycles. The first-order chi connectivity index (χ1) is 15.0. The van der Waals surface area contributed by atoms with Gasteiger partial charge in [0.2, 0.25) is 21.8 Å². The Hall–Kier alpha value is -2.58. The van der Waals surface area contributed by atoms with Gasteiger partial charge < -0.3 is 10.2 Å². The van der Waals surface area contributed by atoms with Crippen molar-refractivity contribution in [3.63, 3.8) is 0 Å². The van der Waals surface area contributed by atoms with Gasteiger partial charge in [-0.15, -0.1) is 0 Å². The summed E-state index contributed by atoms with van der Waals surface area (Å²) in [7, 11) is -3.76. The number of likely N-dealkylation sites (N-methyl/N-ethyl adjacent to an activating group) is 1. The zero-order chi connectivity index (χ0) is 24.1. The van der Waals surface area contributed by atoms with Gasteiger partial charge in [0.25, 0.3) is 0 Å². The fourth-order valence-electron chi connectivity index (χ4n) is 3.32. The van der Waals surface area contributed by atoms with E-state index in [2.05, 4.69) is 5.32 Å². The third-order valence-electron chi connectivity index (χ3n) is 5.34. The van der Waals surface area contributed by atoms with Gasteiger partial charge in [-0.3, -0.25) is 13.9 Å². The fraction of sp³-hybridized carbons (Fsp3) is 0.391. The predicted octanol–water partition coefficient (Wildman–Crippen LogP) is 3.28. The van der Waals surface area contributed by atoms with E-state index in [0.717, 1.165) is 21.7 Å². The molecule has 0 aromatic heterocycles. The van der Waals surface area contributed by atoms with Crippen LogP contribution in [-0.2, 0) is 26.2 Å². The third-order valence-corrected chi connectivity index (χ3v) is 6.84. The highest BCUT2D eigenvalue weighted by Crippen LogP contribution is 2.26. The lowest BCUT2D eigenvalue weighted by Gasteiger charge is -2.32. The highest BCUT2D eigenvalue weighted by Gasteiger charge is 2.30. The maximum atomic E-state index is 13.4. The van der Waals surface area contributed by atoms with Gasteiger partial charge in [-0.25, -0.2) is 8.42 Å². The van der Waals surface area contributed by atoms with Crippen molar-refractivity contribution in [1.29, 1.82) is 0 Å². The first-order valence-corrected chi connectivity index (χ1v) is 12.5. The van der Waals surface area contributed by atoms with Crippen molar-refractivity contribution in [3.8, 4) is 0 Å². The summed E-state index contributed by atoms with van der Waals surface area (Å²) in [4.78, 5) is 27.3. The van der Waals surface area contributed by atoms with E-state index in [9.17, 15) is 18.0 Å². The summed E-state index contributed by atoms with van der Waals surface area (Å²) in [6.45, 7) is 7.14. The van der Waals surface area contributed by atoms with Gasteiger partial charge >= 0.3 is 0 Å². The number of nitrogens with zero attached hydrogens (tertiary/aromatic N) is 2. The molecule has 0 fully saturated rings. The molecule has 7 nitrogen and oxygen atoms in total. The monoisotopic (exact) mass is 479 g/mol. The molecular formula is C23H30ClN3O4S. The second kappa shape index (κ2) is 10.8. The summed E-state index contributed by atoms with van der Waals surface area (Å²) in [6.07, 6.45) is 1.06. The Balaban J connectivity index is 2.45. The Morgan fingerprint density at radius 2 is 1.75 bits per heavy atom. The molecule has 0 radical (unpaired) electrons. The second-order valence-corrected chi connectivity index (χ2v) is 9.99. The van der Waals surface area contributed by atoms with Crippen molar-refractivity contribution >= 4 is 39.1 Å². The highest BCUT2D eigenvalue weighted by atomic mass is 35.5. The quantitative estimate of drug-likeness (QED) is 0.598. The minimum absolute atomic E-state index is 0.0706. The molecule has 9 heteroatoms. The van der Waals surface area contributed by atoms with Gasteiger partial charge in [0.15, 0.2) is 0 Å². The Morgan fingerprint density at radius 3 is 2.34 bits per heavy atom. The number of benzene rings is 2. The van der Waals surface area contributed by atoms with Crippen LogP contribution >= 0.6 is 11.6 Å². The zero-order valence-corrected chi connectivity index (χ0v) is 20.6. The van der Waals surface area contributed by atoms with Gasteiger partial charge in [0, 0.05) is 18.1 Å². The van der Waals surface area contributed by atoms with E-state index in [-0.39, 0.29) is 12.5 Å². The number of halogens is 1. The lowest BCUT2D eigenvalue weighted by molar-refractivity contribution is -0.139. The molecule has 0 bridgehead atoms. The van der Waals surface area contributed by atoms with Crippen molar-refractivity contribution in [3.05, 3.63) is 64.2 Å². The van der Waals surface area contributed by atoms with Gasteiger partial charge in [-0.1, -0.05) is 41.9 Å². The van der Waals surface area contributed by atoms with Crippen LogP contribution in [0.25, 0.3) is 0 Å². The zero-order valence-electron chi connectivity index (χ0n) is 19.1. The van der Waals surface area contributed by atoms with E-state index < -0.39 is 28.5 Å². The Bertz CT molecular complexity index is 1090. The smallest absolute Gasteiger partial charge is 0.244 e. The van der Waals surface area contributed by atoms with Crippen LogP contribution in [0.4, 0.5) is 5.69 Å². The van der Waals surface area contributed by atoms with E-state index in [1.54, 1.807) is 50.2 Å². The lowest BCUT2D eigenvalue weighted by atomic mass is 10.1. The van der Waals surface area contributed by atoms with Crippen LogP contribution in [0.5, 0.6) is 0 Å². The van der Waals surface area contributed by atoms with Crippen LogP contribution in [-0.4, -0.2) is 50.5 Å². The molecule has 1 atom stereocenters. The molecule has 0 aliphatic carbocycles. The van der Waals surface area contributed by atoms with E-state index in [0.29, 0.717) is 22.8 Å². The summed E-state index contributed by atoms with van der Waals surface area (Å²) in [5.41, 5.74) is 2.77. The Labute approximate surface area is 195 Å². The van der Waals surface area contributed by atoms with Crippen molar-refractivity contribution in [2.24, 2.45) is 0 Å². The van der Waals surface area contributed by atoms with Crippen molar-refractivity contribution in [1.82, 2.24) is 10.2 Å². The molecule has 32 heavy (non-hydrogen) atoms. The van der Waals surface area contributed by atoms with Crippen molar-refractivity contribution in [2.45, 2.75) is 40.3 Å². The minimum Gasteiger partial charge on any atom is -0.355 e. The molecule has 0 spiro atoms. The van der Waals surface area contributed by atoms with Crippen LogP contribution < -0.4 is 9.62 Å². The first kappa shape index (κ1) is 25.7. The number of sulfonamides is 1. The number of amides is 2. The van der Waals surface area contributed by atoms with Crippen LogP contribution in [0.2, 0.25) is 5.02 Å². The van der Waals surface area contributed by atoms with Crippen molar-refractivity contribution in [2.75, 3.05) is 23.7 Å². The molecule has 174 valence electrons. The van der Waals surface area contributed by atoms with Crippen LogP contribution in [0.15, 0.2) is 42.5 Å². The molecular weight excluding hydrogens is 450 g/mol. The summed E-state index contributed by atoms with van der Waals surface area (Å²) in [5, 5.41) is 3.18. The Kier molecular flexibility index (Phi) is 8.69. The summed E-state index contributed by atoms with van der Waals surface area (Å²) in [5.74, 6) is -0.833. The van der Waals surface area contributed by atoms with E-state index in [4.69, 9.17) is 11.6 Å². The average molecular weight is 480 g/mol. The number of rotatable bonds is 9. The summed E-state index contributed by atoms with van der Waals surface area (Å²) >= 11 is 6.29. The van der Waals surface area contributed by atoms with Crippen molar-refractivity contribution < 1.29 is 18.0 Å². The summed E-state index contributed by atoms with van der Waals surface area (Å²) < 4.78 is 26.3. The second-order valence-electron chi connectivity index (χ2n) is 7.67. The molecule has 0 aliphatic rings. The maximum absolute atomic E-state index is 13.4. The minimum atomic E-state index is -3.76. The normalized spacial score (nSPS) is 12.2. The number of hydrogen-bond donors (Lipinski definition) is 1. The SMILES string of the molecule is CCNC(=O)[C@H](C)N(Cc1ccccc1Cl)C(=O)CN(c1cccc(C)c1C)S(C)(=O)=O. The number of aryl methyl sites for hydroxylation is 1. The van der Waals surface area contributed by atoms with Gasteiger partial charge in [0.05, 0.1) is 11.9 Å². The molecule has 0 aliphatic heterocycles. The number of carbonyl (C=O) groups excluding carboxylic acids is 2. The Morgan fingerprint density at radius 1 is 1.09 bits per heavy atom. The number of nitrogens with one attached hydrogen (secondary N) is 1. The molecule has 2 rings (SSSR count). The van der Waals surface area contributed by atoms with Crippen LogP contribution in [0, 0.1) is 13.8 Å². The number of hydrogen-bond acceptors (Lipinski definition) is 4. The van der Waals surface area contributed by atoms with E-state index in [1.807, 2.05) is 19.9 Å². The highest BCUT2D eigenvalue weighted by molar-refractivity contribution is 7.92. The fourth-order valence-corrected chi connectivity index (χ4v) is 4.41. The standard InChI is InChI=1S/C23H30ClN3O4S/c1-6-25-23(29)18(4)26(14-19-11-7-8-12-20(19)24)22(28)15-27(32(5,30)31)21-13-9-10-16(2)17(21)3/h7-13,18H,6,14-15H2,1-5H3,(H,25,29)/t18-/m0/s1. The van der Waals surface area contributed by atoms with E-state index in [1.165, 1.54) is 4.90 Å². The summed E-state index contributed by atoms with van der Waals surface area (Å²) in [6, 6.07) is 11.5. The number of anilines is 1. The first-order valence-electron chi connectivity index (χ1n) is 10.3. The third kappa shape index (κ3) is 6.23. The predicted molar refractivity (Wildman–Crippen MR) is 128 cm³/mol. The largest absolute Gasteiger partial charge is 0.355 e. The lowest BCUT2D eigenvalue weighted by Crippen LogP contribution is -2.51. The average Bonchev–Trinajstić information content (AvgIpc) is 2.72. The van der Waals surface area contributed by atoms with Gasteiger partial charge in [0.1, 0.15) is 12.6 Å². The molecule has 0 saturated heterocycles. The molecule has 2 aromatic carbocycles. The van der Waals surface area contributed by atoms with Crippen LogP contribution in [0.1, 0.15) is 30.5 Å². The van der Waals surface area contributed by atoms with E-state index >= 15 is 0 Å². The molecule has 0 unspecified atom stereocenters. The maximum Gasteiger partial charge on any atom is 0.244 e.